The maximum absolute atomic E-state index is 12.0. The second kappa shape index (κ2) is 6.74. The van der Waals surface area contributed by atoms with Crippen LogP contribution in [0, 0.1) is 6.92 Å². The molecule has 2 amide bonds. The molecule has 3 aromatic rings. The number of nitrogens with one attached hydrogen (secondary N) is 2. The summed E-state index contributed by atoms with van der Waals surface area (Å²) >= 11 is 1.29. The number of benzene rings is 1. The van der Waals surface area contributed by atoms with Crippen LogP contribution in [0.5, 0.6) is 0 Å². The van der Waals surface area contributed by atoms with Gasteiger partial charge < -0.3 is 15.2 Å². The van der Waals surface area contributed by atoms with Crippen molar-refractivity contribution in [3.63, 3.8) is 0 Å². The van der Waals surface area contributed by atoms with Crippen LogP contribution in [0.4, 0.5) is 10.5 Å². The van der Waals surface area contributed by atoms with E-state index in [9.17, 15) is 4.79 Å². The number of anilines is 1. The van der Waals surface area contributed by atoms with Crippen molar-refractivity contribution in [2.75, 3.05) is 5.32 Å². The van der Waals surface area contributed by atoms with Crippen LogP contribution in [0.2, 0.25) is 0 Å². The van der Waals surface area contributed by atoms with Crippen LogP contribution >= 0.6 is 11.5 Å². The summed E-state index contributed by atoms with van der Waals surface area (Å²) in [6.45, 7) is 5.36. The average molecular weight is 330 g/mol. The van der Waals surface area contributed by atoms with Crippen LogP contribution in [-0.2, 0) is 13.1 Å². The zero-order valence-corrected chi connectivity index (χ0v) is 13.9. The summed E-state index contributed by atoms with van der Waals surface area (Å²) in [5.74, 6) is 0. The van der Waals surface area contributed by atoms with E-state index in [1.54, 1.807) is 0 Å². The first-order valence-electron chi connectivity index (χ1n) is 7.45. The molecule has 2 heterocycles. The van der Waals surface area contributed by atoms with Gasteiger partial charge in [0.05, 0.1) is 34.5 Å². The number of hydrogen-bond donors (Lipinski definition) is 2. The van der Waals surface area contributed by atoms with Gasteiger partial charge in [-0.3, -0.25) is 0 Å². The molecule has 0 saturated heterocycles. The number of fused-ring (bicyclic) bond motifs is 1. The lowest BCUT2D eigenvalue weighted by Crippen LogP contribution is -2.28. The van der Waals surface area contributed by atoms with Crippen molar-refractivity contribution in [1.29, 1.82) is 0 Å². The van der Waals surface area contributed by atoms with Gasteiger partial charge in [-0.1, -0.05) is 11.4 Å². The first-order valence-corrected chi connectivity index (χ1v) is 8.22. The third-order valence-corrected chi connectivity index (χ3v) is 4.32. The lowest BCUT2D eigenvalue weighted by atomic mass is 10.2. The first kappa shape index (κ1) is 15.4. The molecule has 0 aliphatic rings. The van der Waals surface area contributed by atoms with E-state index in [1.807, 2.05) is 31.5 Å². The molecule has 0 aliphatic heterocycles. The van der Waals surface area contributed by atoms with E-state index in [1.165, 1.54) is 11.5 Å². The Hall–Kier alpha value is -2.48. The Bertz CT molecular complexity index is 824. The number of imidazole rings is 1. The highest BCUT2D eigenvalue weighted by Crippen LogP contribution is 2.18. The van der Waals surface area contributed by atoms with Gasteiger partial charge in [-0.05, 0) is 43.1 Å². The van der Waals surface area contributed by atoms with Gasteiger partial charge in [-0.15, -0.1) is 5.10 Å². The molecule has 3 rings (SSSR count). The Morgan fingerprint density at radius 1 is 1.39 bits per heavy atom. The molecule has 0 spiro atoms. The summed E-state index contributed by atoms with van der Waals surface area (Å²) in [4.78, 5) is 17.3. The van der Waals surface area contributed by atoms with E-state index in [0.717, 1.165) is 40.3 Å². The third kappa shape index (κ3) is 3.48. The van der Waals surface area contributed by atoms with Crippen molar-refractivity contribution in [3.8, 4) is 0 Å². The number of carbonyl (C=O) groups excluding carboxylic acids is 1. The smallest absolute Gasteiger partial charge is 0.319 e. The van der Waals surface area contributed by atoms with Crippen LogP contribution in [-0.4, -0.2) is 25.2 Å². The van der Waals surface area contributed by atoms with Gasteiger partial charge >= 0.3 is 6.03 Å². The summed E-state index contributed by atoms with van der Waals surface area (Å²) in [6, 6.07) is 5.48. The second-order valence-corrected chi connectivity index (χ2v) is 6.07. The molecule has 0 bridgehead atoms. The molecule has 1 aromatic carbocycles. The molecule has 0 atom stereocenters. The van der Waals surface area contributed by atoms with Gasteiger partial charge in [0.25, 0.3) is 0 Å². The van der Waals surface area contributed by atoms with Gasteiger partial charge in [0.2, 0.25) is 0 Å². The van der Waals surface area contributed by atoms with Gasteiger partial charge in [-0.25, -0.2) is 9.78 Å². The van der Waals surface area contributed by atoms with Crippen molar-refractivity contribution in [2.24, 2.45) is 0 Å². The minimum absolute atomic E-state index is 0.259. The summed E-state index contributed by atoms with van der Waals surface area (Å²) in [5, 5.41) is 9.54. The van der Waals surface area contributed by atoms with E-state index in [0.29, 0.717) is 6.54 Å². The highest BCUT2D eigenvalue weighted by molar-refractivity contribution is 7.05. The third-order valence-electron chi connectivity index (χ3n) is 3.50. The maximum Gasteiger partial charge on any atom is 0.319 e. The molecule has 0 aliphatic carbocycles. The van der Waals surface area contributed by atoms with E-state index in [2.05, 4.69) is 36.7 Å². The monoisotopic (exact) mass is 330 g/mol. The van der Waals surface area contributed by atoms with Gasteiger partial charge in [0, 0.05) is 12.2 Å². The molecule has 2 N–H and O–H groups in total. The molecular formula is C15H18N6OS. The normalized spacial score (nSPS) is 10.9. The van der Waals surface area contributed by atoms with E-state index >= 15 is 0 Å². The number of aryl methyl sites for hydroxylation is 2. The number of amides is 2. The fraction of sp³-hybridized carbons (Fsp3) is 0.333. The van der Waals surface area contributed by atoms with Crippen molar-refractivity contribution < 1.29 is 4.79 Å². The van der Waals surface area contributed by atoms with E-state index in [4.69, 9.17) is 0 Å². The first-order chi connectivity index (χ1) is 11.2. The van der Waals surface area contributed by atoms with Crippen LogP contribution in [0.3, 0.4) is 0 Å². The molecule has 0 saturated carbocycles. The highest BCUT2D eigenvalue weighted by atomic mass is 32.1. The molecular weight excluding hydrogens is 312 g/mol. The van der Waals surface area contributed by atoms with Crippen molar-refractivity contribution in [1.82, 2.24) is 24.5 Å². The number of rotatable bonds is 5. The minimum atomic E-state index is -0.259. The second-order valence-electron chi connectivity index (χ2n) is 5.23. The lowest BCUT2D eigenvalue weighted by molar-refractivity contribution is 0.252. The molecule has 8 heteroatoms. The van der Waals surface area contributed by atoms with Gasteiger partial charge in [0.15, 0.2) is 0 Å². The van der Waals surface area contributed by atoms with Crippen molar-refractivity contribution in [3.05, 3.63) is 35.1 Å². The molecule has 0 radical (unpaired) electrons. The van der Waals surface area contributed by atoms with Crippen LogP contribution in [0.25, 0.3) is 11.0 Å². The highest BCUT2D eigenvalue weighted by Gasteiger charge is 2.08. The van der Waals surface area contributed by atoms with Crippen LogP contribution < -0.4 is 10.6 Å². The Balaban J connectivity index is 1.64. The topological polar surface area (TPSA) is 84.7 Å². The van der Waals surface area contributed by atoms with Crippen molar-refractivity contribution in [2.45, 2.75) is 33.4 Å². The zero-order chi connectivity index (χ0) is 16.2. The predicted molar refractivity (Wildman–Crippen MR) is 90.5 cm³/mol. The quantitative estimate of drug-likeness (QED) is 0.753. The number of nitrogens with zero attached hydrogens (tertiary/aromatic N) is 4. The number of hydrogen-bond acceptors (Lipinski definition) is 5. The average Bonchev–Trinajstić information content (AvgIpc) is 3.12. The van der Waals surface area contributed by atoms with Crippen LogP contribution in [0.15, 0.2) is 24.5 Å². The van der Waals surface area contributed by atoms with Crippen molar-refractivity contribution >= 4 is 34.3 Å². The summed E-state index contributed by atoms with van der Waals surface area (Å²) in [6.07, 6.45) is 2.89. The molecule has 0 unspecified atom stereocenters. The zero-order valence-electron chi connectivity index (χ0n) is 13.0. The predicted octanol–water partition coefficient (Wildman–Crippen LogP) is 2.93. The number of aromatic nitrogens is 4. The number of carbonyl (C=O) groups is 1. The Kier molecular flexibility index (Phi) is 4.52. The van der Waals surface area contributed by atoms with E-state index in [-0.39, 0.29) is 6.03 Å². The Labute approximate surface area is 137 Å². The molecule has 0 fully saturated rings. The molecule has 120 valence electrons. The largest absolute Gasteiger partial charge is 0.333 e. The molecule has 23 heavy (non-hydrogen) atoms. The SMILES string of the molecule is CCCn1cnc2cc(NC(=O)NCc3snnc3C)ccc21. The number of urea groups is 1. The van der Waals surface area contributed by atoms with Gasteiger partial charge in [0.1, 0.15) is 0 Å². The standard InChI is InChI=1S/C15H18N6OS/c1-3-6-21-9-17-12-7-11(4-5-13(12)21)18-15(22)16-8-14-10(2)19-20-23-14/h4-5,7,9H,3,6,8H2,1-2H3,(H2,16,18,22). The van der Waals surface area contributed by atoms with Gasteiger partial charge in [-0.2, -0.15) is 0 Å². The fourth-order valence-electron chi connectivity index (χ4n) is 2.31. The summed E-state index contributed by atoms with van der Waals surface area (Å²) in [7, 11) is 0. The summed E-state index contributed by atoms with van der Waals surface area (Å²) in [5.41, 5.74) is 3.51. The minimum Gasteiger partial charge on any atom is -0.333 e. The fourth-order valence-corrected chi connectivity index (χ4v) is 2.88. The molecule has 2 aromatic heterocycles. The van der Waals surface area contributed by atoms with Crippen LogP contribution in [0.1, 0.15) is 23.9 Å². The lowest BCUT2D eigenvalue weighted by Gasteiger charge is -2.07. The maximum atomic E-state index is 12.0. The summed E-state index contributed by atoms with van der Waals surface area (Å²) < 4.78 is 5.95. The Morgan fingerprint density at radius 2 is 2.26 bits per heavy atom. The Morgan fingerprint density at radius 3 is 3.00 bits per heavy atom. The molecule has 7 nitrogen and oxygen atoms in total. The van der Waals surface area contributed by atoms with E-state index < -0.39 is 0 Å².